The smallest absolute Gasteiger partial charge is 0.276 e. The number of halogens is 2. The summed E-state index contributed by atoms with van der Waals surface area (Å²) in [5, 5.41) is 10.2. The van der Waals surface area contributed by atoms with Crippen LogP contribution in [0.3, 0.4) is 0 Å². The Kier molecular flexibility index (Phi) is 4.42. The molecule has 1 aliphatic rings. The summed E-state index contributed by atoms with van der Waals surface area (Å²) in [4.78, 5) is 14.0. The van der Waals surface area contributed by atoms with E-state index >= 15 is 0 Å². The summed E-state index contributed by atoms with van der Waals surface area (Å²) >= 11 is 0. The van der Waals surface area contributed by atoms with Crippen molar-refractivity contribution in [2.75, 3.05) is 36.5 Å². The van der Waals surface area contributed by atoms with Gasteiger partial charge in [0, 0.05) is 19.2 Å². The number of hydrogen-bond donors (Lipinski definition) is 1. The Balaban J connectivity index is 1.69. The molecule has 2 heterocycles. The third-order valence-corrected chi connectivity index (χ3v) is 3.40. The summed E-state index contributed by atoms with van der Waals surface area (Å²) in [6.45, 7) is 2.66. The van der Waals surface area contributed by atoms with Gasteiger partial charge in [0.1, 0.15) is 11.6 Å². The molecule has 0 unspecified atom stereocenters. The minimum absolute atomic E-state index is 0.0470. The van der Waals surface area contributed by atoms with Crippen LogP contribution >= 0.6 is 0 Å². The molecule has 3 rings (SSSR count). The average molecular weight is 320 g/mol. The van der Waals surface area contributed by atoms with Crippen molar-refractivity contribution in [3.05, 3.63) is 47.7 Å². The largest absolute Gasteiger partial charge is 0.378 e. The van der Waals surface area contributed by atoms with Gasteiger partial charge in [0.2, 0.25) is 0 Å². The Morgan fingerprint density at radius 3 is 2.57 bits per heavy atom. The number of anilines is 2. The van der Waals surface area contributed by atoms with E-state index in [-0.39, 0.29) is 11.4 Å². The number of nitrogens with zero attached hydrogens (tertiary/aromatic N) is 3. The van der Waals surface area contributed by atoms with Crippen molar-refractivity contribution in [3.8, 4) is 0 Å². The summed E-state index contributed by atoms with van der Waals surface area (Å²) in [6.07, 6.45) is 0. The van der Waals surface area contributed by atoms with Crippen LogP contribution in [0.25, 0.3) is 0 Å². The van der Waals surface area contributed by atoms with Crippen LogP contribution in [0.1, 0.15) is 10.5 Å². The summed E-state index contributed by atoms with van der Waals surface area (Å²) in [6, 6.07) is 6.09. The predicted molar refractivity (Wildman–Crippen MR) is 79.4 cm³/mol. The van der Waals surface area contributed by atoms with Crippen molar-refractivity contribution in [1.82, 2.24) is 10.2 Å². The van der Waals surface area contributed by atoms with Crippen molar-refractivity contribution in [3.63, 3.8) is 0 Å². The molecule has 8 heteroatoms. The second kappa shape index (κ2) is 6.66. The lowest BCUT2D eigenvalue weighted by Gasteiger charge is -2.27. The van der Waals surface area contributed by atoms with Gasteiger partial charge in [-0.15, -0.1) is 10.2 Å². The highest BCUT2D eigenvalue weighted by Gasteiger charge is 2.15. The van der Waals surface area contributed by atoms with Gasteiger partial charge in [-0.3, -0.25) is 4.79 Å². The number of nitrogens with one attached hydrogen (secondary N) is 1. The molecule has 1 aromatic heterocycles. The fourth-order valence-electron chi connectivity index (χ4n) is 2.18. The van der Waals surface area contributed by atoms with Gasteiger partial charge in [-0.05, 0) is 24.3 Å². The number of aromatic nitrogens is 2. The van der Waals surface area contributed by atoms with Crippen molar-refractivity contribution < 1.29 is 18.3 Å². The van der Waals surface area contributed by atoms with Crippen LogP contribution in [0.4, 0.5) is 20.3 Å². The molecule has 0 spiro atoms. The zero-order valence-corrected chi connectivity index (χ0v) is 12.1. The molecule has 1 fully saturated rings. The number of carbonyl (C=O) groups is 1. The van der Waals surface area contributed by atoms with Crippen molar-refractivity contribution >= 4 is 17.4 Å². The highest BCUT2D eigenvalue weighted by Crippen LogP contribution is 2.16. The number of morpholine rings is 1. The Morgan fingerprint density at radius 1 is 1.13 bits per heavy atom. The number of amides is 1. The third-order valence-electron chi connectivity index (χ3n) is 3.40. The molecular weight excluding hydrogens is 306 g/mol. The maximum Gasteiger partial charge on any atom is 0.276 e. The maximum atomic E-state index is 13.5. The third kappa shape index (κ3) is 3.59. The van der Waals surface area contributed by atoms with E-state index in [1.807, 2.05) is 4.90 Å². The van der Waals surface area contributed by atoms with Gasteiger partial charge in [0.05, 0.1) is 18.9 Å². The molecular formula is C15H14F2N4O2. The molecule has 0 aliphatic carbocycles. The van der Waals surface area contributed by atoms with Crippen LogP contribution in [0, 0.1) is 11.6 Å². The van der Waals surface area contributed by atoms with E-state index < -0.39 is 17.5 Å². The molecule has 0 atom stereocenters. The summed E-state index contributed by atoms with van der Waals surface area (Å²) in [5.74, 6) is -1.53. The molecule has 1 aliphatic heterocycles. The molecule has 0 radical (unpaired) electrons. The van der Waals surface area contributed by atoms with E-state index in [0.29, 0.717) is 38.2 Å². The van der Waals surface area contributed by atoms with Gasteiger partial charge >= 0.3 is 0 Å². The molecule has 23 heavy (non-hydrogen) atoms. The number of rotatable bonds is 3. The molecule has 120 valence electrons. The second-order valence-electron chi connectivity index (χ2n) is 4.95. The Hall–Kier alpha value is -2.61. The van der Waals surface area contributed by atoms with Crippen LogP contribution in [-0.4, -0.2) is 42.4 Å². The average Bonchev–Trinajstić information content (AvgIpc) is 2.58. The van der Waals surface area contributed by atoms with Gasteiger partial charge in [0.15, 0.2) is 11.5 Å². The van der Waals surface area contributed by atoms with Gasteiger partial charge < -0.3 is 15.0 Å². The van der Waals surface area contributed by atoms with Crippen LogP contribution in [-0.2, 0) is 4.74 Å². The SMILES string of the molecule is O=C(Nc1ccc(F)cc1F)c1ccc(N2CCOCC2)nn1. The van der Waals surface area contributed by atoms with E-state index in [1.165, 1.54) is 6.07 Å². The van der Waals surface area contributed by atoms with Crippen molar-refractivity contribution in [1.29, 1.82) is 0 Å². The van der Waals surface area contributed by atoms with Crippen molar-refractivity contribution in [2.24, 2.45) is 0 Å². The Labute approximate surface area is 131 Å². The van der Waals surface area contributed by atoms with Gasteiger partial charge in [-0.25, -0.2) is 8.78 Å². The number of carbonyl (C=O) groups excluding carboxylic acids is 1. The lowest BCUT2D eigenvalue weighted by molar-refractivity contribution is 0.102. The molecule has 1 amide bonds. The first-order chi connectivity index (χ1) is 11.1. The first-order valence-electron chi connectivity index (χ1n) is 7.06. The standard InChI is InChI=1S/C15H14F2N4O2/c16-10-1-2-12(11(17)9-10)18-15(22)13-3-4-14(20-19-13)21-5-7-23-8-6-21/h1-4,9H,5-8H2,(H,18,22). The minimum Gasteiger partial charge on any atom is -0.378 e. The molecule has 2 aromatic rings. The summed E-state index contributed by atoms with van der Waals surface area (Å²) < 4.78 is 31.6. The fourth-order valence-corrected chi connectivity index (χ4v) is 2.18. The van der Waals surface area contributed by atoms with E-state index in [9.17, 15) is 13.6 Å². The predicted octanol–water partition coefficient (Wildman–Crippen LogP) is 1.84. The van der Waals surface area contributed by atoms with E-state index in [1.54, 1.807) is 6.07 Å². The summed E-state index contributed by atoms with van der Waals surface area (Å²) in [7, 11) is 0. The Morgan fingerprint density at radius 2 is 1.91 bits per heavy atom. The van der Waals surface area contributed by atoms with E-state index in [2.05, 4.69) is 15.5 Å². The molecule has 0 bridgehead atoms. The van der Waals surface area contributed by atoms with Gasteiger partial charge in [-0.1, -0.05) is 0 Å². The van der Waals surface area contributed by atoms with Crippen LogP contribution in [0.2, 0.25) is 0 Å². The topological polar surface area (TPSA) is 67.4 Å². The maximum absolute atomic E-state index is 13.5. The molecule has 1 aromatic carbocycles. The lowest BCUT2D eigenvalue weighted by atomic mass is 10.2. The molecule has 1 N–H and O–H groups in total. The monoisotopic (exact) mass is 320 g/mol. The summed E-state index contributed by atoms with van der Waals surface area (Å²) in [5.41, 5.74) is -0.0683. The highest BCUT2D eigenvalue weighted by molar-refractivity contribution is 6.02. The van der Waals surface area contributed by atoms with Crippen LogP contribution in [0.15, 0.2) is 30.3 Å². The van der Waals surface area contributed by atoms with Crippen LogP contribution < -0.4 is 10.2 Å². The quantitative estimate of drug-likeness (QED) is 0.935. The zero-order valence-electron chi connectivity index (χ0n) is 12.1. The molecule has 0 saturated carbocycles. The number of ether oxygens (including phenoxy) is 1. The Bertz CT molecular complexity index is 703. The molecule has 1 saturated heterocycles. The van der Waals surface area contributed by atoms with Gasteiger partial charge in [-0.2, -0.15) is 0 Å². The second-order valence-corrected chi connectivity index (χ2v) is 4.95. The van der Waals surface area contributed by atoms with E-state index in [0.717, 1.165) is 12.1 Å². The zero-order chi connectivity index (χ0) is 16.2. The lowest BCUT2D eigenvalue weighted by Crippen LogP contribution is -2.37. The highest BCUT2D eigenvalue weighted by atomic mass is 19.1. The van der Waals surface area contributed by atoms with Crippen LogP contribution in [0.5, 0.6) is 0 Å². The minimum atomic E-state index is -0.851. The van der Waals surface area contributed by atoms with E-state index in [4.69, 9.17) is 4.74 Å². The number of hydrogen-bond acceptors (Lipinski definition) is 5. The fraction of sp³-hybridized carbons (Fsp3) is 0.267. The van der Waals surface area contributed by atoms with Crippen molar-refractivity contribution in [2.45, 2.75) is 0 Å². The van der Waals surface area contributed by atoms with Gasteiger partial charge in [0.25, 0.3) is 5.91 Å². The normalized spacial score (nSPS) is 14.6. The molecule has 6 nitrogen and oxygen atoms in total. The first-order valence-corrected chi connectivity index (χ1v) is 7.06. The first kappa shape index (κ1) is 15.3. The number of benzene rings is 1.